The maximum Gasteiger partial charge on any atom is 0.329 e. The Balaban J connectivity index is 1.77. The van der Waals surface area contributed by atoms with Crippen LogP contribution in [-0.2, 0) is 9.59 Å². The summed E-state index contributed by atoms with van der Waals surface area (Å²) in [6.07, 6.45) is 6.80. The van der Waals surface area contributed by atoms with Gasteiger partial charge >= 0.3 is 11.8 Å². The Morgan fingerprint density at radius 2 is 1.76 bits per heavy atom. The molecule has 1 aromatic rings. The molecule has 0 heterocycles. The van der Waals surface area contributed by atoms with Crippen molar-refractivity contribution in [3.8, 4) is 0 Å². The second-order valence-corrected chi connectivity index (χ2v) is 5.97. The van der Waals surface area contributed by atoms with E-state index < -0.39 is 11.8 Å². The number of hydrazone groups is 1. The van der Waals surface area contributed by atoms with Crippen LogP contribution in [0, 0.1) is 0 Å². The van der Waals surface area contributed by atoms with Crippen LogP contribution >= 0.6 is 15.9 Å². The smallest absolute Gasteiger partial charge is 0.329 e. The van der Waals surface area contributed by atoms with Gasteiger partial charge in [-0.2, -0.15) is 5.10 Å². The SMILES string of the molecule is O=C(N/N=C/c1ccc(Br)cc1)C(=O)NC1CCCCC1. The van der Waals surface area contributed by atoms with Gasteiger partial charge in [0.25, 0.3) is 0 Å². The van der Waals surface area contributed by atoms with Gasteiger partial charge in [-0.3, -0.25) is 9.59 Å². The zero-order valence-corrected chi connectivity index (χ0v) is 13.2. The van der Waals surface area contributed by atoms with Gasteiger partial charge in [0.05, 0.1) is 6.21 Å². The fraction of sp³-hybridized carbons (Fsp3) is 0.400. The second-order valence-electron chi connectivity index (χ2n) is 5.06. The van der Waals surface area contributed by atoms with Crippen molar-refractivity contribution in [1.29, 1.82) is 0 Å². The molecule has 6 heteroatoms. The predicted octanol–water partition coefficient (Wildman–Crippen LogP) is 2.35. The molecular weight excluding hydrogens is 334 g/mol. The summed E-state index contributed by atoms with van der Waals surface area (Å²) in [6, 6.07) is 7.56. The molecular formula is C15H18BrN3O2. The molecule has 0 bridgehead atoms. The third-order valence-corrected chi connectivity index (χ3v) is 3.93. The Bertz CT molecular complexity index is 522. The summed E-state index contributed by atoms with van der Waals surface area (Å²) < 4.78 is 0.968. The van der Waals surface area contributed by atoms with Crippen molar-refractivity contribution in [3.05, 3.63) is 34.3 Å². The Morgan fingerprint density at radius 3 is 2.43 bits per heavy atom. The molecule has 0 radical (unpaired) electrons. The minimum absolute atomic E-state index is 0.118. The van der Waals surface area contributed by atoms with Crippen LogP contribution in [0.1, 0.15) is 37.7 Å². The average Bonchev–Trinajstić information content (AvgIpc) is 2.50. The van der Waals surface area contributed by atoms with Gasteiger partial charge in [-0.05, 0) is 30.5 Å². The van der Waals surface area contributed by atoms with Crippen LogP contribution in [0.15, 0.2) is 33.8 Å². The molecule has 0 aromatic heterocycles. The minimum atomic E-state index is -0.728. The van der Waals surface area contributed by atoms with Crippen molar-refractivity contribution in [3.63, 3.8) is 0 Å². The first kappa shape index (κ1) is 15.7. The number of hydrogen-bond acceptors (Lipinski definition) is 3. The maximum atomic E-state index is 11.7. The first-order valence-electron chi connectivity index (χ1n) is 7.04. The second kappa shape index (κ2) is 7.93. The van der Waals surface area contributed by atoms with Gasteiger partial charge < -0.3 is 5.32 Å². The molecule has 21 heavy (non-hydrogen) atoms. The Kier molecular flexibility index (Phi) is 5.92. The highest BCUT2D eigenvalue weighted by Gasteiger charge is 2.19. The maximum absolute atomic E-state index is 11.7. The first-order chi connectivity index (χ1) is 10.1. The minimum Gasteiger partial charge on any atom is -0.345 e. The molecule has 0 atom stereocenters. The van der Waals surface area contributed by atoms with E-state index in [9.17, 15) is 9.59 Å². The van der Waals surface area contributed by atoms with Crippen LogP contribution < -0.4 is 10.7 Å². The van der Waals surface area contributed by atoms with Gasteiger partial charge in [-0.25, -0.2) is 5.43 Å². The number of benzene rings is 1. The quantitative estimate of drug-likeness (QED) is 0.498. The number of carbonyl (C=O) groups is 2. The highest BCUT2D eigenvalue weighted by atomic mass is 79.9. The van der Waals surface area contributed by atoms with E-state index in [1.54, 1.807) is 0 Å². The molecule has 1 aliphatic rings. The van der Waals surface area contributed by atoms with Crippen LogP contribution in [0.5, 0.6) is 0 Å². The molecule has 0 aliphatic heterocycles. The monoisotopic (exact) mass is 351 g/mol. The molecule has 0 unspecified atom stereocenters. The lowest BCUT2D eigenvalue weighted by Gasteiger charge is -2.22. The van der Waals surface area contributed by atoms with Crippen molar-refractivity contribution >= 4 is 34.0 Å². The Labute approximate surface area is 132 Å². The lowest BCUT2D eigenvalue weighted by molar-refractivity contribution is -0.139. The molecule has 2 N–H and O–H groups in total. The van der Waals surface area contributed by atoms with Crippen LogP contribution in [0.3, 0.4) is 0 Å². The van der Waals surface area contributed by atoms with Crippen molar-refractivity contribution in [2.45, 2.75) is 38.1 Å². The van der Waals surface area contributed by atoms with E-state index in [2.05, 4.69) is 31.8 Å². The van der Waals surface area contributed by atoms with E-state index in [0.717, 1.165) is 35.7 Å². The lowest BCUT2D eigenvalue weighted by atomic mass is 9.95. The molecule has 0 spiro atoms. The highest BCUT2D eigenvalue weighted by Crippen LogP contribution is 2.17. The number of amides is 2. The molecule has 1 saturated carbocycles. The summed E-state index contributed by atoms with van der Waals surface area (Å²) >= 11 is 3.34. The zero-order valence-electron chi connectivity index (χ0n) is 11.6. The van der Waals surface area contributed by atoms with Gasteiger partial charge in [0.2, 0.25) is 0 Å². The molecule has 2 rings (SSSR count). The van der Waals surface area contributed by atoms with Crippen LogP contribution in [0.25, 0.3) is 0 Å². The fourth-order valence-corrected chi connectivity index (χ4v) is 2.53. The number of nitrogens with zero attached hydrogens (tertiary/aromatic N) is 1. The van der Waals surface area contributed by atoms with Crippen LogP contribution in [0.2, 0.25) is 0 Å². The van der Waals surface area contributed by atoms with Gasteiger partial charge in [-0.15, -0.1) is 0 Å². The van der Waals surface area contributed by atoms with Crippen molar-refractivity contribution in [2.75, 3.05) is 0 Å². The number of rotatable bonds is 3. The molecule has 1 fully saturated rings. The van der Waals surface area contributed by atoms with E-state index >= 15 is 0 Å². The van der Waals surface area contributed by atoms with Gasteiger partial charge in [-0.1, -0.05) is 47.3 Å². The zero-order chi connectivity index (χ0) is 15.1. The van der Waals surface area contributed by atoms with E-state index in [-0.39, 0.29) is 6.04 Å². The molecule has 1 aromatic carbocycles. The molecule has 112 valence electrons. The topological polar surface area (TPSA) is 70.6 Å². The number of nitrogens with one attached hydrogen (secondary N) is 2. The van der Waals surface area contributed by atoms with Gasteiger partial charge in [0, 0.05) is 10.5 Å². The first-order valence-corrected chi connectivity index (χ1v) is 7.84. The average molecular weight is 352 g/mol. The third kappa shape index (κ3) is 5.30. The van der Waals surface area contributed by atoms with Crippen LogP contribution in [0.4, 0.5) is 0 Å². The van der Waals surface area contributed by atoms with Crippen molar-refractivity contribution in [1.82, 2.24) is 10.7 Å². The van der Waals surface area contributed by atoms with E-state index in [1.807, 2.05) is 24.3 Å². The number of halogens is 1. The predicted molar refractivity (Wildman–Crippen MR) is 84.9 cm³/mol. The number of hydrogen-bond donors (Lipinski definition) is 2. The molecule has 5 nitrogen and oxygen atoms in total. The number of carbonyl (C=O) groups excluding carboxylic acids is 2. The van der Waals surface area contributed by atoms with E-state index in [0.29, 0.717) is 0 Å². The molecule has 0 saturated heterocycles. The summed E-state index contributed by atoms with van der Waals surface area (Å²) in [6.45, 7) is 0. The van der Waals surface area contributed by atoms with Crippen molar-refractivity contribution < 1.29 is 9.59 Å². The van der Waals surface area contributed by atoms with E-state index in [1.165, 1.54) is 12.6 Å². The molecule has 2 amide bonds. The van der Waals surface area contributed by atoms with Crippen molar-refractivity contribution in [2.24, 2.45) is 5.10 Å². The van der Waals surface area contributed by atoms with Crippen LogP contribution in [-0.4, -0.2) is 24.1 Å². The Morgan fingerprint density at radius 1 is 1.10 bits per heavy atom. The summed E-state index contributed by atoms with van der Waals surface area (Å²) in [4.78, 5) is 23.3. The lowest BCUT2D eigenvalue weighted by Crippen LogP contribution is -2.44. The highest BCUT2D eigenvalue weighted by molar-refractivity contribution is 9.10. The van der Waals surface area contributed by atoms with E-state index in [4.69, 9.17) is 0 Å². The Hall–Kier alpha value is -1.69. The summed E-state index contributed by atoms with van der Waals surface area (Å²) in [5.74, 6) is -1.34. The normalized spacial score (nSPS) is 15.9. The van der Waals surface area contributed by atoms with Gasteiger partial charge in [0.1, 0.15) is 0 Å². The largest absolute Gasteiger partial charge is 0.345 e. The third-order valence-electron chi connectivity index (χ3n) is 3.40. The standard InChI is InChI=1S/C15H18BrN3O2/c16-12-8-6-11(7-9-12)10-17-19-15(21)14(20)18-13-4-2-1-3-5-13/h6-10,13H,1-5H2,(H,18,20)(H,19,21)/b17-10+. The molecule has 1 aliphatic carbocycles. The summed E-state index contributed by atoms with van der Waals surface area (Å²) in [7, 11) is 0. The fourth-order valence-electron chi connectivity index (χ4n) is 2.26. The summed E-state index contributed by atoms with van der Waals surface area (Å²) in [5.41, 5.74) is 3.08. The van der Waals surface area contributed by atoms with Gasteiger partial charge in [0.15, 0.2) is 0 Å². The summed E-state index contributed by atoms with van der Waals surface area (Å²) in [5, 5.41) is 6.53.